The summed E-state index contributed by atoms with van der Waals surface area (Å²) in [5.41, 5.74) is 0.696. The van der Waals surface area contributed by atoms with Gasteiger partial charge in [0, 0.05) is 6.04 Å². The SMILES string of the molecule is Cc1noc(C)c1S(=O)(=O)n1c(=O)n(C2CCNCC2)c2ccccc21. The number of fused-ring (bicyclic) bond motifs is 1. The first-order chi connectivity index (χ1) is 12.4. The highest BCUT2D eigenvalue weighted by Crippen LogP contribution is 2.27. The molecule has 1 aliphatic rings. The molecule has 9 heteroatoms. The fraction of sp³-hybridized carbons (Fsp3) is 0.412. The van der Waals surface area contributed by atoms with Crippen molar-refractivity contribution in [2.75, 3.05) is 13.1 Å². The minimum atomic E-state index is -4.12. The molecule has 1 N–H and O–H groups in total. The Morgan fingerprint density at radius 2 is 1.81 bits per heavy atom. The van der Waals surface area contributed by atoms with Crippen molar-refractivity contribution in [3.05, 3.63) is 46.2 Å². The highest BCUT2D eigenvalue weighted by Gasteiger charge is 2.32. The molecule has 2 aromatic heterocycles. The van der Waals surface area contributed by atoms with Gasteiger partial charge in [-0.25, -0.2) is 13.2 Å². The first-order valence-corrected chi connectivity index (χ1v) is 9.98. The predicted molar refractivity (Wildman–Crippen MR) is 95.9 cm³/mol. The van der Waals surface area contributed by atoms with Crippen molar-refractivity contribution < 1.29 is 12.9 Å². The largest absolute Gasteiger partial charge is 0.360 e. The van der Waals surface area contributed by atoms with Crippen LogP contribution in [-0.4, -0.2) is 35.2 Å². The maximum Gasteiger partial charge on any atom is 0.343 e. The van der Waals surface area contributed by atoms with Gasteiger partial charge in [0.15, 0.2) is 10.7 Å². The van der Waals surface area contributed by atoms with Crippen LogP contribution in [0.3, 0.4) is 0 Å². The fourth-order valence-corrected chi connectivity index (χ4v) is 5.43. The molecular formula is C17H20N4O4S. The smallest absolute Gasteiger partial charge is 0.343 e. The molecule has 1 aliphatic heterocycles. The molecule has 0 saturated carbocycles. The quantitative estimate of drug-likeness (QED) is 0.745. The van der Waals surface area contributed by atoms with E-state index in [1.165, 1.54) is 6.92 Å². The van der Waals surface area contributed by atoms with E-state index in [9.17, 15) is 13.2 Å². The Morgan fingerprint density at radius 3 is 2.42 bits per heavy atom. The van der Waals surface area contributed by atoms with Crippen molar-refractivity contribution in [2.24, 2.45) is 0 Å². The number of benzene rings is 1. The molecule has 0 spiro atoms. The first-order valence-electron chi connectivity index (χ1n) is 8.54. The third kappa shape index (κ3) is 2.42. The maximum absolute atomic E-state index is 13.3. The second-order valence-electron chi connectivity index (χ2n) is 6.55. The van der Waals surface area contributed by atoms with Gasteiger partial charge < -0.3 is 9.84 Å². The normalized spacial score (nSPS) is 16.4. The summed E-state index contributed by atoms with van der Waals surface area (Å²) in [5, 5.41) is 6.99. The van der Waals surface area contributed by atoms with E-state index < -0.39 is 15.7 Å². The molecule has 138 valence electrons. The van der Waals surface area contributed by atoms with E-state index in [-0.39, 0.29) is 22.4 Å². The van der Waals surface area contributed by atoms with Gasteiger partial charge in [-0.3, -0.25) is 4.57 Å². The number of nitrogens with one attached hydrogen (secondary N) is 1. The molecule has 0 unspecified atom stereocenters. The van der Waals surface area contributed by atoms with Crippen molar-refractivity contribution in [1.82, 2.24) is 19.0 Å². The highest BCUT2D eigenvalue weighted by molar-refractivity contribution is 7.90. The summed E-state index contributed by atoms with van der Waals surface area (Å²) in [4.78, 5) is 13.2. The summed E-state index contributed by atoms with van der Waals surface area (Å²) < 4.78 is 34.1. The number of nitrogens with zero attached hydrogens (tertiary/aromatic N) is 3. The van der Waals surface area contributed by atoms with Gasteiger partial charge in [0.05, 0.1) is 11.0 Å². The Morgan fingerprint density at radius 1 is 1.15 bits per heavy atom. The van der Waals surface area contributed by atoms with Gasteiger partial charge in [0.1, 0.15) is 5.69 Å². The molecule has 0 bridgehead atoms. The molecule has 0 amide bonds. The van der Waals surface area contributed by atoms with Gasteiger partial charge in [0.2, 0.25) is 0 Å². The fourth-order valence-electron chi connectivity index (χ4n) is 3.73. The van der Waals surface area contributed by atoms with Gasteiger partial charge in [-0.05, 0) is 51.9 Å². The Balaban J connectivity index is 2.03. The van der Waals surface area contributed by atoms with Crippen molar-refractivity contribution >= 4 is 21.1 Å². The van der Waals surface area contributed by atoms with Crippen LogP contribution >= 0.6 is 0 Å². The second kappa shape index (κ2) is 6.10. The maximum atomic E-state index is 13.3. The molecule has 0 aliphatic carbocycles. The number of para-hydroxylation sites is 2. The van der Waals surface area contributed by atoms with E-state index in [1.807, 2.05) is 6.07 Å². The molecule has 1 aromatic carbocycles. The van der Waals surface area contributed by atoms with Crippen LogP contribution in [0.5, 0.6) is 0 Å². The van der Waals surface area contributed by atoms with E-state index in [0.29, 0.717) is 11.0 Å². The summed E-state index contributed by atoms with van der Waals surface area (Å²) >= 11 is 0. The molecule has 3 heterocycles. The Kier molecular flexibility index (Phi) is 4.00. The molecule has 1 saturated heterocycles. The summed E-state index contributed by atoms with van der Waals surface area (Å²) in [6.07, 6.45) is 1.55. The average molecular weight is 376 g/mol. The third-order valence-corrected chi connectivity index (χ3v) is 6.81. The van der Waals surface area contributed by atoms with E-state index >= 15 is 0 Å². The monoisotopic (exact) mass is 376 g/mol. The summed E-state index contributed by atoms with van der Waals surface area (Å²) in [5.74, 6) is 0.174. The van der Waals surface area contributed by atoms with Crippen LogP contribution in [0, 0.1) is 13.8 Å². The topological polar surface area (TPSA) is 99.1 Å². The Hall–Kier alpha value is -2.39. The minimum absolute atomic E-state index is 0.0326. The molecule has 26 heavy (non-hydrogen) atoms. The molecule has 0 radical (unpaired) electrons. The van der Waals surface area contributed by atoms with Gasteiger partial charge in [0.25, 0.3) is 10.0 Å². The number of imidazole rings is 1. The van der Waals surface area contributed by atoms with E-state index in [2.05, 4.69) is 10.5 Å². The van der Waals surface area contributed by atoms with Gasteiger partial charge in [-0.15, -0.1) is 0 Å². The van der Waals surface area contributed by atoms with Crippen LogP contribution in [0.2, 0.25) is 0 Å². The summed E-state index contributed by atoms with van der Waals surface area (Å²) in [7, 11) is -4.12. The molecular weight excluding hydrogens is 356 g/mol. The summed E-state index contributed by atoms with van der Waals surface area (Å²) in [6, 6.07) is 6.96. The zero-order valence-corrected chi connectivity index (χ0v) is 15.4. The van der Waals surface area contributed by atoms with Crippen LogP contribution in [0.15, 0.2) is 38.5 Å². The van der Waals surface area contributed by atoms with Crippen molar-refractivity contribution in [1.29, 1.82) is 0 Å². The standard InChI is InChI=1S/C17H20N4O4S/c1-11-16(12(2)25-19-11)26(23,24)21-15-6-4-3-5-14(15)20(17(21)22)13-7-9-18-10-8-13/h3-6,13,18H,7-10H2,1-2H3. The van der Waals surface area contributed by atoms with Gasteiger partial charge in [-0.2, -0.15) is 3.97 Å². The van der Waals surface area contributed by atoms with Crippen molar-refractivity contribution in [2.45, 2.75) is 37.6 Å². The van der Waals surface area contributed by atoms with Gasteiger partial charge >= 0.3 is 5.69 Å². The van der Waals surface area contributed by atoms with Crippen molar-refractivity contribution in [3.63, 3.8) is 0 Å². The van der Waals surface area contributed by atoms with Crippen LogP contribution in [-0.2, 0) is 10.0 Å². The zero-order valence-electron chi connectivity index (χ0n) is 14.6. The lowest BCUT2D eigenvalue weighted by Gasteiger charge is -2.23. The molecule has 1 fully saturated rings. The van der Waals surface area contributed by atoms with Crippen LogP contribution < -0.4 is 11.0 Å². The second-order valence-corrected chi connectivity index (χ2v) is 8.27. The molecule has 0 atom stereocenters. The number of aromatic nitrogens is 3. The number of piperidine rings is 1. The van der Waals surface area contributed by atoms with E-state index in [4.69, 9.17) is 4.52 Å². The minimum Gasteiger partial charge on any atom is -0.360 e. The van der Waals surface area contributed by atoms with Crippen LogP contribution in [0.1, 0.15) is 30.3 Å². The lowest BCUT2D eigenvalue weighted by molar-refractivity contribution is 0.367. The Labute approximate surface area is 150 Å². The Bertz CT molecular complexity index is 1110. The van der Waals surface area contributed by atoms with Gasteiger partial charge in [-0.1, -0.05) is 17.3 Å². The third-order valence-electron chi connectivity index (χ3n) is 4.88. The van der Waals surface area contributed by atoms with E-state index in [1.54, 1.807) is 29.7 Å². The molecule has 4 rings (SSSR count). The lowest BCUT2D eigenvalue weighted by atomic mass is 10.1. The zero-order chi connectivity index (χ0) is 18.5. The number of aryl methyl sites for hydroxylation is 2. The number of rotatable bonds is 3. The highest BCUT2D eigenvalue weighted by atomic mass is 32.2. The average Bonchev–Trinajstić information content (AvgIpc) is 3.12. The predicted octanol–water partition coefficient (Wildman–Crippen LogP) is 1.57. The number of hydrogen-bond donors (Lipinski definition) is 1. The van der Waals surface area contributed by atoms with Crippen molar-refractivity contribution in [3.8, 4) is 0 Å². The summed E-state index contributed by atoms with van der Waals surface area (Å²) in [6.45, 7) is 4.69. The molecule has 8 nitrogen and oxygen atoms in total. The lowest BCUT2D eigenvalue weighted by Crippen LogP contribution is -2.36. The van der Waals surface area contributed by atoms with E-state index in [0.717, 1.165) is 29.9 Å². The first kappa shape index (κ1) is 17.0. The van der Waals surface area contributed by atoms with Crippen LogP contribution in [0.4, 0.5) is 0 Å². The molecule has 3 aromatic rings. The number of hydrogen-bond acceptors (Lipinski definition) is 6. The van der Waals surface area contributed by atoms with Crippen LogP contribution in [0.25, 0.3) is 11.0 Å².